The number of phenols is 1. The van der Waals surface area contributed by atoms with Gasteiger partial charge in [-0.15, -0.1) is 0 Å². The van der Waals surface area contributed by atoms with Gasteiger partial charge in [-0.05, 0) is 92.9 Å². The van der Waals surface area contributed by atoms with E-state index in [0.717, 1.165) is 14.7 Å². The third-order valence-electron chi connectivity index (χ3n) is 15.5. The second kappa shape index (κ2) is 22.0. The van der Waals surface area contributed by atoms with Crippen molar-refractivity contribution in [2.75, 3.05) is 13.1 Å². The van der Waals surface area contributed by atoms with Crippen LogP contribution in [-0.2, 0) is 13.1 Å². The molecule has 2 N–H and O–H groups in total. The van der Waals surface area contributed by atoms with Crippen molar-refractivity contribution >= 4 is 74.2 Å². The first-order chi connectivity index (χ1) is 36.9. The smallest absolute Gasteiger partial charge is 0.423 e. The number of fused-ring (bicyclic) bond motifs is 4. The maximum Gasteiger partial charge on any atom is 0.423 e. The molecule has 16 nitrogen and oxygen atoms in total. The summed E-state index contributed by atoms with van der Waals surface area (Å²) in [5, 5.41) is 14.3. The highest BCUT2D eigenvalue weighted by Crippen LogP contribution is 2.52. The molecule has 2 aromatic heterocycles. The Hall–Kier alpha value is -7.59. The highest BCUT2D eigenvalue weighted by molar-refractivity contribution is 6.79. The number of ether oxygens (including phenoxy) is 1. The number of imide groups is 3. The number of aromatic hydroxyl groups is 1. The molecule has 3 aliphatic heterocycles. The van der Waals surface area contributed by atoms with Crippen molar-refractivity contribution in [3.63, 3.8) is 0 Å². The first-order valence-electron chi connectivity index (χ1n) is 26.3. The van der Waals surface area contributed by atoms with E-state index < -0.39 is 64.0 Å². The van der Waals surface area contributed by atoms with Crippen LogP contribution in [0.25, 0.3) is 21.8 Å². The van der Waals surface area contributed by atoms with Crippen LogP contribution in [0.4, 0.5) is 18.4 Å². The summed E-state index contributed by atoms with van der Waals surface area (Å²) in [7, 11) is -5.24. The number of amides is 7. The fourth-order valence-electron chi connectivity index (χ4n) is 12.0. The fraction of sp³-hybridized carbons (Fsp3) is 0.379. The van der Waals surface area contributed by atoms with Gasteiger partial charge in [-0.2, -0.15) is 0 Å². The Morgan fingerprint density at radius 1 is 0.564 bits per heavy atom. The zero-order valence-corrected chi connectivity index (χ0v) is 48.0. The maximum atomic E-state index is 14.2. The van der Waals surface area contributed by atoms with Crippen molar-refractivity contribution in [3.8, 4) is 23.0 Å². The molecule has 7 amide bonds. The number of pyridine rings is 2. The average Bonchev–Trinajstić information content (AvgIpc) is 4.11. The number of hydrogen-bond acceptors (Lipinski definition) is 12. The molecule has 3 aliphatic rings. The summed E-state index contributed by atoms with van der Waals surface area (Å²) in [4.78, 5) is 93.0. The lowest BCUT2D eigenvalue weighted by Crippen LogP contribution is -2.51. The van der Waals surface area contributed by atoms with Crippen LogP contribution in [0.3, 0.4) is 0 Å². The van der Waals surface area contributed by atoms with Gasteiger partial charge in [0, 0.05) is 29.7 Å². The number of urea groups is 1. The molecule has 5 heterocycles. The summed E-state index contributed by atoms with van der Waals surface area (Å²) in [6.07, 6.45) is 2.15. The summed E-state index contributed by atoms with van der Waals surface area (Å²) in [5.41, 5.74) is 2.65. The average molecular weight is 1100 g/mol. The van der Waals surface area contributed by atoms with Crippen LogP contribution < -0.4 is 18.9 Å². The lowest BCUT2D eigenvalue weighted by molar-refractivity contribution is 0.0625. The van der Waals surface area contributed by atoms with Crippen molar-refractivity contribution in [1.29, 1.82) is 0 Å². The van der Waals surface area contributed by atoms with Crippen LogP contribution >= 0.6 is 0 Å². The van der Waals surface area contributed by atoms with E-state index in [0.29, 0.717) is 27.4 Å². The molecule has 0 aliphatic carbocycles. The van der Waals surface area contributed by atoms with E-state index >= 15 is 0 Å². The molecule has 1 fully saturated rings. The van der Waals surface area contributed by atoms with Crippen molar-refractivity contribution in [2.45, 2.75) is 129 Å². The van der Waals surface area contributed by atoms with Crippen molar-refractivity contribution in [3.05, 3.63) is 130 Å². The van der Waals surface area contributed by atoms with Gasteiger partial charge in [-0.3, -0.25) is 38.9 Å². The zero-order chi connectivity index (χ0) is 56.9. The number of nitrogens with one attached hydrogen (secondary N) is 1. The SMILES string of the molecule is CC(C)[Si](Oc1c2c(c(O)c3cccnc13)C(=O)N(Cc1ccc(F)cc1)C2=O)(C(C)C)C(C)C.CC(C)[Si](Oc1c2c(c(OC(=O)N3CCNC3=O)c3cccnc13)C(=O)N(Cc1ccc(F)cc1)C2=O)(C(C)C)C(C)C. The molecule has 78 heavy (non-hydrogen) atoms. The molecular weight excluding hydrogens is 1030 g/mol. The standard InChI is InChI=1S/C31H35FN4O6Si.C27H31FN2O4Si/c1-17(2)43(18(3)4,19(5)6)42-27-24-23(28(37)36(29(24)38)16-20-9-11-21(32)12-10-20)26(22-8-7-13-33-25(22)27)41-31(40)35-15-14-34-30(35)39;1-15(2)35(16(3)4,17(5)6)34-25-22-21(24(31)20-8-7-13-29-23(20)25)26(32)30(27(22)33)14-18-9-11-19(28)12-10-18/h7-13,17-19H,14-16H2,1-6H3,(H,34,39);7-13,15-17,31H,14H2,1-6H3. The highest BCUT2D eigenvalue weighted by atomic mass is 28.4. The zero-order valence-electron chi connectivity index (χ0n) is 46.0. The third kappa shape index (κ3) is 9.77. The van der Waals surface area contributed by atoms with E-state index in [9.17, 15) is 42.7 Å². The molecule has 0 spiro atoms. The first-order valence-corrected chi connectivity index (χ1v) is 30.6. The molecule has 0 unspecified atom stereocenters. The number of phenolic OH excluding ortho intramolecular Hbond substituents is 1. The van der Waals surface area contributed by atoms with Gasteiger partial charge in [0.2, 0.25) is 0 Å². The minimum absolute atomic E-state index is 0.0363. The second-order valence-electron chi connectivity index (χ2n) is 21.9. The van der Waals surface area contributed by atoms with Crippen molar-refractivity contribution in [2.24, 2.45) is 0 Å². The topological polar surface area (TPSA) is 198 Å². The Morgan fingerprint density at radius 2 is 0.936 bits per heavy atom. The number of hydrogen-bond donors (Lipinski definition) is 2. The van der Waals surface area contributed by atoms with Crippen LogP contribution in [0, 0.1) is 11.6 Å². The van der Waals surface area contributed by atoms with Crippen LogP contribution in [-0.4, -0.2) is 95.3 Å². The Labute approximate surface area is 454 Å². The Morgan fingerprint density at radius 3 is 1.33 bits per heavy atom. The van der Waals surface area contributed by atoms with E-state index in [1.165, 1.54) is 48.5 Å². The van der Waals surface area contributed by atoms with Crippen LogP contribution in [0.15, 0.2) is 85.2 Å². The normalized spacial score (nSPS) is 14.7. The fourth-order valence-corrected chi connectivity index (χ4v) is 22.6. The van der Waals surface area contributed by atoms with Gasteiger partial charge in [0.05, 0.1) is 36.3 Å². The Bertz CT molecular complexity index is 3330. The second-order valence-corrected chi connectivity index (χ2v) is 32.6. The largest absolute Gasteiger partial charge is 0.541 e. The predicted octanol–water partition coefficient (Wildman–Crippen LogP) is 12.7. The number of carbonyl (C=O) groups is 6. The molecule has 20 heteroatoms. The highest BCUT2D eigenvalue weighted by Gasteiger charge is 2.52. The van der Waals surface area contributed by atoms with E-state index in [1.807, 2.05) is 0 Å². The molecule has 410 valence electrons. The van der Waals surface area contributed by atoms with E-state index in [2.05, 4.69) is 98.4 Å². The van der Waals surface area contributed by atoms with Crippen LogP contribution in [0.1, 0.15) is 136 Å². The van der Waals surface area contributed by atoms with Crippen LogP contribution in [0.2, 0.25) is 33.2 Å². The quantitative estimate of drug-likeness (QED) is 0.0730. The Balaban J connectivity index is 0.000000210. The van der Waals surface area contributed by atoms with Gasteiger partial charge in [-0.25, -0.2) is 23.3 Å². The third-order valence-corrected chi connectivity index (χ3v) is 27.5. The van der Waals surface area contributed by atoms with Crippen molar-refractivity contribution < 1.29 is 56.2 Å². The van der Waals surface area contributed by atoms with Gasteiger partial charge in [0.15, 0.2) is 5.75 Å². The van der Waals surface area contributed by atoms with E-state index in [1.54, 1.807) is 36.7 Å². The molecule has 0 bridgehead atoms. The minimum atomic E-state index is -2.69. The molecule has 9 rings (SSSR count). The predicted molar refractivity (Wildman–Crippen MR) is 296 cm³/mol. The van der Waals surface area contributed by atoms with Gasteiger partial charge in [0.1, 0.15) is 45.5 Å². The first kappa shape index (κ1) is 56.6. The van der Waals surface area contributed by atoms with Gasteiger partial charge in [-0.1, -0.05) is 107 Å². The molecule has 6 aromatic rings. The maximum absolute atomic E-state index is 14.2. The summed E-state index contributed by atoms with van der Waals surface area (Å²) in [6, 6.07) is 17.1. The molecule has 0 radical (unpaired) electrons. The van der Waals surface area contributed by atoms with Crippen LogP contribution in [0.5, 0.6) is 23.0 Å². The summed E-state index contributed by atoms with van der Waals surface area (Å²) in [6.45, 7) is 25.6. The number of halogens is 2. The van der Waals surface area contributed by atoms with E-state index in [-0.39, 0.29) is 110 Å². The van der Waals surface area contributed by atoms with E-state index in [4.69, 9.17) is 13.6 Å². The molecule has 4 aromatic carbocycles. The van der Waals surface area contributed by atoms with Gasteiger partial charge >= 0.3 is 12.1 Å². The van der Waals surface area contributed by atoms with Gasteiger partial charge in [0.25, 0.3) is 40.3 Å². The summed E-state index contributed by atoms with van der Waals surface area (Å²) >= 11 is 0. The number of rotatable bonds is 15. The number of benzene rings is 4. The summed E-state index contributed by atoms with van der Waals surface area (Å²) in [5.74, 6) is -3.32. The van der Waals surface area contributed by atoms with Gasteiger partial charge < -0.3 is 24.0 Å². The minimum Gasteiger partial charge on any atom is -0.541 e. The van der Waals surface area contributed by atoms with Crippen molar-refractivity contribution in [1.82, 2.24) is 30.0 Å². The molecule has 1 saturated heterocycles. The lowest BCUT2D eigenvalue weighted by atomic mass is 10.0. The molecule has 0 saturated carbocycles. The monoisotopic (exact) mass is 1100 g/mol. The summed E-state index contributed by atoms with van der Waals surface area (Å²) < 4.78 is 46.8. The number of carbonyl (C=O) groups excluding carboxylic acids is 6. The number of nitrogens with zero attached hydrogens (tertiary/aromatic N) is 5. The lowest BCUT2D eigenvalue weighted by Gasteiger charge is -2.42. The molecule has 0 atom stereocenters. The Kier molecular flexibility index (Phi) is 16.0. The molecular formula is C58H66F2N6O10Si2. The number of aromatic nitrogens is 2.